The van der Waals surface area contributed by atoms with Crippen LogP contribution in [0.2, 0.25) is 18.1 Å². The van der Waals surface area contributed by atoms with Crippen molar-refractivity contribution in [2.75, 3.05) is 19.7 Å². The van der Waals surface area contributed by atoms with Crippen LogP contribution in [0.3, 0.4) is 0 Å². The normalized spacial score (nSPS) is 14.4. The van der Waals surface area contributed by atoms with Gasteiger partial charge in [0.25, 0.3) is 0 Å². The Morgan fingerprint density at radius 2 is 1.71 bits per heavy atom. The quantitative estimate of drug-likeness (QED) is 0.515. The predicted octanol–water partition coefficient (Wildman–Crippen LogP) is 4.37. The molecule has 24 heavy (non-hydrogen) atoms. The highest BCUT2D eigenvalue weighted by atomic mass is 28.4. The van der Waals surface area contributed by atoms with Crippen molar-refractivity contribution in [2.24, 2.45) is 5.73 Å². The van der Waals surface area contributed by atoms with Gasteiger partial charge in [-0.25, -0.2) is 4.79 Å². The van der Waals surface area contributed by atoms with E-state index in [9.17, 15) is 4.79 Å². The third kappa shape index (κ3) is 9.04. The van der Waals surface area contributed by atoms with Gasteiger partial charge in [-0.2, -0.15) is 0 Å². The molecule has 5 nitrogen and oxygen atoms in total. The van der Waals surface area contributed by atoms with E-state index in [1.807, 2.05) is 27.7 Å². The lowest BCUT2D eigenvalue weighted by atomic mass is 10.2. The summed E-state index contributed by atoms with van der Waals surface area (Å²) in [7, 11) is -1.74. The van der Waals surface area contributed by atoms with E-state index >= 15 is 0 Å². The summed E-state index contributed by atoms with van der Waals surface area (Å²) in [5, 5.41) is 0.197. The molecule has 1 amide bonds. The Bertz CT molecular complexity index is 387. The Kier molecular flexibility index (Phi) is 8.97. The molecule has 0 bridgehead atoms. The molecule has 144 valence electrons. The van der Waals surface area contributed by atoms with Crippen molar-refractivity contribution in [3.8, 4) is 0 Å². The van der Waals surface area contributed by atoms with E-state index in [0.717, 1.165) is 12.8 Å². The fraction of sp³-hybridized carbons (Fsp3) is 0.944. The van der Waals surface area contributed by atoms with Gasteiger partial charge >= 0.3 is 6.09 Å². The summed E-state index contributed by atoms with van der Waals surface area (Å²) in [4.78, 5) is 14.1. The van der Waals surface area contributed by atoms with Crippen LogP contribution in [0, 0.1) is 0 Å². The van der Waals surface area contributed by atoms with Crippen molar-refractivity contribution in [1.29, 1.82) is 0 Å². The van der Waals surface area contributed by atoms with Crippen LogP contribution in [0.1, 0.15) is 61.3 Å². The van der Waals surface area contributed by atoms with Gasteiger partial charge in [0.2, 0.25) is 0 Å². The molecule has 0 aromatic heterocycles. The van der Waals surface area contributed by atoms with E-state index in [1.165, 1.54) is 0 Å². The minimum absolute atomic E-state index is 0.0289. The molecule has 6 heteroatoms. The second-order valence-corrected chi connectivity index (χ2v) is 13.9. The Labute approximate surface area is 150 Å². The van der Waals surface area contributed by atoms with Gasteiger partial charge < -0.3 is 19.8 Å². The molecular formula is C18H40N2O3Si. The molecular weight excluding hydrogens is 320 g/mol. The molecule has 0 aromatic carbocycles. The van der Waals surface area contributed by atoms with Crippen LogP contribution in [-0.2, 0) is 9.16 Å². The Morgan fingerprint density at radius 3 is 2.12 bits per heavy atom. The van der Waals surface area contributed by atoms with E-state index in [2.05, 4.69) is 33.9 Å². The second kappa shape index (κ2) is 9.20. The number of hydrogen-bond donors (Lipinski definition) is 1. The van der Waals surface area contributed by atoms with Gasteiger partial charge in [0.15, 0.2) is 8.32 Å². The highest BCUT2D eigenvalue weighted by Crippen LogP contribution is 2.36. The molecule has 0 radical (unpaired) electrons. The lowest BCUT2D eigenvalue weighted by Crippen LogP contribution is -2.45. The first-order valence-electron chi connectivity index (χ1n) is 9.07. The van der Waals surface area contributed by atoms with Crippen molar-refractivity contribution >= 4 is 14.4 Å². The number of nitrogens with two attached hydrogens (primary N) is 1. The maximum atomic E-state index is 12.4. The molecule has 0 aromatic rings. The van der Waals surface area contributed by atoms with E-state index in [1.54, 1.807) is 4.90 Å². The summed E-state index contributed by atoms with van der Waals surface area (Å²) < 4.78 is 11.7. The third-order valence-corrected chi connectivity index (χ3v) is 9.01. The van der Waals surface area contributed by atoms with E-state index in [4.69, 9.17) is 14.9 Å². The number of carbonyl (C=O) groups is 1. The summed E-state index contributed by atoms with van der Waals surface area (Å²) in [5.74, 6) is 0. The van der Waals surface area contributed by atoms with Crippen molar-refractivity contribution in [3.63, 3.8) is 0 Å². The average molecular weight is 361 g/mol. The number of nitrogens with zero attached hydrogens (tertiary/aromatic N) is 1. The lowest BCUT2D eigenvalue weighted by Gasteiger charge is -2.36. The highest BCUT2D eigenvalue weighted by Gasteiger charge is 2.36. The largest absolute Gasteiger partial charge is 0.444 e. The molecule has 0 saturated carbocycles. The van der Waals surface area contributed by atoms with Crippen LogP contribution in [0.25, 0.3) is 0 Å². The zero-order valence-electron chi connectivity index (χ0n) is 17.4. The number of amides is 1. The maximum Gasteiger partial charge on any atom is 0.410 e. The van der Waals surface area contributed by atoms with Gasteiger partial charge in [0.05, 0.1) is 0 Å². The summed E-state index contributed by atoms with van der Waals surface area (Å²) in [6.07, 6.45) is 1.33. The summed E-state index contributed by atoms with van der Waals surface area (Å²) in [6, 6.07) is -0.0289. The average Bonchev–Trinajstić information content (AvgIpc) is 2.38. The van der Waals surface area contributed by atoms with Gasteiger partial charge in [-0.3, -0.25) is 0 Å². The minimum atomic E-state index is -1.74. The fourth-order valence-electron chi connectivity index (χ4n) is 1.80. The van der Waals surface area contributed by atoms with Crippen LogP contribution in [0.5, 0.6) is 0 Å². The maximum absolute atomic E-state index is 12.4. The molecule has 1 atom stereocenters. The molecule has 0 fully saturated rings. The number of hydrogen-bond acceptors (Lipinski definition) is 4. The topological polar surface area (TPSA) is 64.8 Å². The van der Waals surface area contributed by atoms with Gasteiger partial charge in [0.1, 0.15) is 5.60 Å². The number of ether oxygens (including phenoxy) is 1. The van der Waals surface area contributed by atoms with Crippen molar-refractivity contribution in [2.45, 2.75) is 91.1 Å². The van der Waals surface area contributed by atoms with Crippen molar-refractivity contribution in [1.82, 2.24) is 4.90 Å². The van der Waals surface area contributed by atoms with Crippen molar-refractivity contribution in [3.05, 3.63) is 0 Å². The molecule has 0 spiro atoms. The zero-order valence-corrected chi connectivity index (χ0v) is 18.4. The van der Waals surface area contributed by atoms with Gasteiger partial charge in [-0.15, -0.1) is 0 Å². The Hall–Kier alpha value is -0.593. The van der Waals surface area contributed by atoms with Crippen LogP contribution in [-0.4, -0.2) is 50.6 Å². The molecule has 0 saturated heterocycles. The highest BCUT2D eigenvalue weighted by molar-refractivity contribution is 6.74. The molecule has 2 N–H and O–H groups in total. The Morgan fingerprint density at radius 1 is 1.17 bits per heavy atom. The van der Waals surface area contributed by atoms with Gasteiger partial charge in [-0.1, -0.05) is 27.7 Å². The molecule has 0 unspecified atom stereocenters. The third-order valence-electron chi connectivity index (χ3n) is 4.47. The lowest BCUT2D eigenvalue weighted by molar-refractivity contribution is 0.0229. The Balaban J connectivity index is 4.60. The van der Waals surface area contributed by atoms with Crippen LogP contribution < -0.4 is 5.73 Å². The van der Waals surface area contributed by atoms with Gasteiger partial charge in [-0.05, 0) is 51.7 Å². The van der Waals surface area contributed by atoms with Crippen LogP contribution in [0.15, 0.2) is 0 Å². The standard InChI is InChI=1S/C18H40N2O3Si/c1-10-15(19)14-20(16(21)23-17(2,3)4)12-11-13-22-24(8,9)18(5,6)7/h15H,10-14,19H2,1-9H3/t15-/m1/s1. The summed E-state index contributed by atoms with van der Waals surface area (Å²) in [5.41, 5.74) is 5.54. The van der Waals surface area contributed by atoms with E-state index < -0.39 is 13.9 Å². The fourth-order valence-corrected chi connectivity index (χ4v) is 2.88. The van der Waals surface area contributed by atoms with Crippen LogP contribution >= 0.6 is 0 Å². The first-order chi connectivity index (χ1) is 10.7. The van der Waals surface area contributed by atoms with E-state index in [0.29, 0.717) is 19.7 Å². The first-order valence-corrected chi connectivity index (χ1v) is 12.0. The first kappa shape index (κ1) is 23.4. The zero-order chi connectivity index (χ0) is 19.2. The molecule has 0 rings (SSSR count). The number of carbonyl (C=O) groups excluding carboxylic acids is 1. The molecule has 0 aliphatic heterocycles. The number of rotatable bonds is 8. The monoisotopic (exact) mass is 360 g/mol. The van der Waals surface area contributed by atoms with Gasteiger partial charge in [0, 0.05) is 25.7 Å². The smallest absolute Gasteiger partial charge is 0.410 e. The van der Waals surface area contributed by atoms with E-state index in [-0.39, 0.29) is 17.2 Å². The second-order valence-electron chi connectivity index (χ2n) is 9.06. The molecule has 0 aliphatic carbocycles. The van der Waals surface area contributed by atoms with Crippen molar-refractivity contribution < 1.29 is 14.0 Å². The minimum Gasteiger partial charge on any atom is -0.444 e. The predicted molar refractivity (Wildman–Crippen MR) is 104 cm³/mol. The summed E-state index contributed by atoms with van der Waals surface area (Å²) in [6.45, 7) is 20.6. The molecule has 0 heterocycles. The van der Waals surface area contributed by atoms with Crippen LogP contribution in [0.4, 0.5) is 4.79 Å². The SMILES string of the molecule is CC[C@@H](N)CN(CCCO[Si](C)(C)C(C)(C)C)C(=O)OC(C)(C)C. The molecule has 0 aliphatic rings. The summed E-state index contributed by atoms with van der Waals surface area (Å²) >= 11 is 0.